The Kier molecular flexibility index (Phi) is 5.44. The van der Waals surface area contributed by atoms with E-state index in [-0.39, 0.29) is 23.7 Å². The van der Waals surface area contributed by atoms with Gasteiger partial charge in [0, 0.05) is 36.2 Å². The summed E-state index contributed by atoms with van der Waals surface area (Å²) in [6, 6.07) is 6.64. The lowest BCUT2D eigenvalue weighted by molar-refractivity contribution is -0.142. The van der Waals surface area contributed by atoms with Gasteiger partial charge in [-0.2, -0.15) is 0 Å². The summed E-state index contributed by atoms with van der Waals surface area (Å²) in [6.45, 7) is 6.26. The Hall–Kier alpha value is -2.45. The van der Waals surface area contributed by atoms with Gasteiger partial charge < -0.3 is 15.0 Å². The number of rotatable bonds is 4. The number of piperidine rings is 1. The van der Waals surface area contributed by atoms with Gasteiger partial charge in [0.25, 0.3) is 5.91 Å². The molecule has 2 fully saturated rings. The zero-order valence-corrected chi connectivity index (χ0v) is 18.7. The Labute approximate surface area is 185 Å². The van der Waals surface area contributed by atoms with Crippen LogP contribution in [-0.4, -0.2) is 46.0 Å². The first-order valence-electron chi connectivity index (χ1n) is 10.9. The molecule has 1 aromatic carbocycles. The molecule has 2 aliphatic heterocycles. The molecule has 0 saturated carbocycles. The van der Waals surface area contributed by atoms with Crippen molar-refractivity contribution in [2.45, 2.75) is 51.6 Å². The summed E-state index contributed by atoms with van der Waals surface area (Å²) in [4.78, 5) is 22.1. The van der Waals surface area contributed by atoms with Gasteiger partial charge in [-0.1, -0.05) is 12.1 Å². The standard InChI is InChI=1S/C23H27FN4O2S/c1-14-15(2)31-22-20(26-23(28(14)22)25-18-9-4-3-8-17(18)24)16-7-5-11-27(13-16)21(29)19-10-6-12-30-19/h3-4,8-9,16,19H,5-7,10-13H2,1-2H3,(H,25,26)/t16-,19-/m1/s1. The normalized spacial score (nSPS) is 21.7. The van der Waals surface area contributed by atoms with Crippen LogP contribution in [0.4, 0.5) is 16.0 Å². The first kappa shape index (κ1) is 20.5. The zero-order chi connectivity index (χ0) is 21.5. The molecular weight excluding hydrogens is 415 g/mol. The zero-order valence-electron chi connectivity index (χ0n) is 17.9. The second-order valence-electron chi connectivity index (χ2n) is 8.43. The van der Waals surface area contributed by atoms with Crippen LogP contribution in [0.3, 0.4) is 0 Å². The molecule has 2 saturated heterocycles. The highest BCUT2D eigenvalue weighted by atomic mass is 32.1. The number of benzene rings is 1. The third-order valence-corrected chi connectivity index (χ3v) is 7.59. The summed E-state index contributed by atoms with van der Waals surface area (Å²) in [5.74, 6) is 0.583. The van der Waals surface area contributed by atoms with E-state index in [4.69, 9.17) is 9.72 Å². The monoisotopic (exact) mass is 442 g/mol. The van der Waals surface area contributed by atoms with Crippen LogP contribution in [0.1, 0.15) is 47.9 Å². The molecule has 2 aliphatic rings. The van der Waals surface area contributed by atoms with E-state index < -0.39 is 0 Å². The highest BCUT2D eigenvalue weighted by Gasteiger charge is 2.34. The van der Waals surface area contributed by atoms with E-state index >= 15 is 0 Å². The van der Waals surface area contributed by atoms with E-state index in [0.29, 0.717) is 24.8 Å². The molecule has 2 aromatic heterocycles. The maximum absolute atomic E-state index is 14.3. The Morgan fingerprint density at radius 3 is 2.87 bits per heavy atom. The average Bonchev–Trinajstić information content (AvgIpc) is 3.49. The highest BCUT2D eigenvalue weighted by molar-refractivity contribution is 7.17. The van der Waals surface area contributed by atoms with Crippen molar-refractivity contribution in [1.29, 1.82) is 0 Å². The molecule has 0 spiro atoms. The van der Waals surface area contributed by atoms with E-state index in [1.165, 1.54) is 10.9 Å². The maximum atomic E-state index is 14.3. The van der Waals surface area contributed by atoms with E-state index in [1.54, 1.807) is 29.5 Å². The van der Waals surface area contributed by atoms with Crippen molar-refractivity contribution in [2.24, 2.45) is 0 Å². The molecule has 4 heterocycles. The minimum absolute atomic E-state index is 0.112. The van der Waals surface area contributed by atoms with Crippen molar-refractivity contribution in [3.63, 3.8) is 0 Å². The third kappa shape index (κ3) is 3.72. The second kappa shape index (κ2) is 8.24. The van der Waals surface area contributed by atoms with Crippen molar-refractivity contribution in [2.75, 3.05) is 25.0 Å². The van der Waals surface area contributed by atoms with Gasteiger partial charge in [-0.3, -0.25) is 9.20 Å². The van der Waals surface area contributed by atoms with Crippen molar-refractivity contribution < 1.29 is 13.9 Å². The van der Waals surface area contributed by atoms with E-state index in [1.807, 2.05) is 4.90 Å². The number of imidazole rings is 1. The molecule has 1 N–H and O–H groups in total. The van der Waals surface area contributed by atoms with Crippen LogP contribution in [0.25, 0.3) is 4.83 Å². The van der Waals surface area contributed by atoms with Gasteiger partial charge in [0.05, 0.1) is 11.4 Å². The second-order valence-corrected chi connectivity index (χ2v) is 9.64. The number of anilines is 2. The van der Waals surface area contributed by atoms with E-state index in [9.17, 15) is 9.18 Å². The summed E-state index contributed by atoms with van der Waals surface area (Å²) < 4.78 is 22.0. The number of nitrogens with zero attached hydrogens (tertiary/aromatic N) is 3. The van der Waals surface area contributed by atoms with Crippen LogP contribution >= 0.6 is 11.3 Å². The van der Waals surface area contributed by atoms with Crippen LogP contribution in [0.5, 0.6) is 0 Å². The smallest absolute Gasteiger partial charge is 0.251 e. The SMILES string of the molecule is Cc1sc2c([C@@H]3CCCN(C(=O)[C@H]4CCCO4)C3)nc(Nc3ccccc3F)n2c1C. The van der Waals surface area contributed by atoms with Gasteiger partial charge in [-0.25, -0.2) is 9.37 Å². The summed E-state index contributed by atoms with van der Waals surface area (Å²) in [7, 11) is 0. The number of ether oxygens (including phenoxy) is 1. The maximum Gasteiger partial charge on any atom is 0.251 e. The molecule has 8 heteroatoms. The number of carbonyl (C=O) groups excluding carboxylic acids is 1. The van der Waals surface area contributed by atoms with Crippen molar-refractivity contribution in [1.82, 2.24) is 14.3 Å². The summed E-state index contributed by atoms with van der Waals surface area (Å²) in [6.07, 6.45) is 3.41. The largest absolute Gasteiger partial charge is 0.368 e. The minimum atomic E-state index is -0.309. The Morgan fingerprint density at radius 1 is 1.26 bits per heavy atom. The van der Waals surface area contributed by atoms with Crippen LogP contribution in [0.15, 0.2) is 24.3 Å². The molecule has 0 radical (unpaired) electrons. The fourth-order valence-corrected chi connectivity index (χ4v) is 5.78. The Morgan fingerprint density at radius 2 is 2.10 bits per heavy atom. The predicted molar refractivity (Wildman–Crippen MR) is 120 cm³/mol. The van der Waals surface area contributed by atoms with Crippen molar-refractivity contribution >= 4 is 33.7 Å². The highest BCUT2D eigenvalue weighted by Crippen LogP contribution is 2.37. The van der Waals surface area contributed by atoms with Gasteiger partial charge in [0.15, 0.2) is 0 Å². The fraction of sp³-hybridized carbons (Fsp3) is 0.478. The third-order valence-electron chi connectivity index (χ3n) is 6.40. The molecule has 0 unspecified atom stereocenters. The molecule has 164 valence electrons. The number of hydrogen-bond donors (Lipinski definition) is 1. The molecule has 3 aromatic rings. The van der Waals surface area contributed by atoms with Gasteiger partial charge in [0.2, 0.25) is 5.95 Å². The lowest BCUT2D eigenvalue weighted by atomic mass is 9.94. The first-order valence-corrected chi connectivity index (χ1v) is 11.7. The summed E-state index contributed by atoms with van der Waals surface area (Å²) >= 11 is 1.71. The van der Waals surface area contributed by atoms with Crippen LogP contribution in [-0.2, 0) is 9.53 Å². The van der Waals surface area contributed by atoms with Crippen LogP contribution < -0.4 is 5.32 Å². The molecule has 6 nitrogen and oxygen atoms in total. The molecule has 0 aliphatic carbocycles. The summed E-state index contributed by atoms with van der Waals surface area (Å²) in [5, 5.41) is 3.19. The molecule has 0 bridgehead atoms. The average molecular weight is 443 g/mol. The number of hydrogen-bond acceptors (Lipinski definition) is 5. The number of halogens is 1. The van der Waals surface area contributed by atoms with E-state index in [0.717, 1.165) is 48.4 Å². The minimum Gasteiger partial charge on any atom is -0.368 e. The number of thiazole rings is 1. The number of amides is 1. The first-order chi connectivity index (χ1) is 15.0. The van der Waals surface area contributed by atoms with Gasteiger partial charge in [-0.15, -0.1) is 11.3 Å². The Balaban J connectivity index is 1.47. The number of carbonyl (C=O) groups is 1. The van der Waals surface area contributed by atoms with Crippen molar-refractivity contribution in [3.8, 4) is 0 Å². The van der Waals surface area contributed by atoms with Gasteiger partial charge in [-0.05, 0) is 51.7 Å². The Bertz CT molecular complexity index is 1120. The fourth-order valence-electron chi connectivity index (χ4n) is 4.62. The number of para-hydroxylation sites is 1. The lowest BCUT2D eigenvalue weighted by Crippen LogP contribution is -2.44. The van der Waals surface area contributed by atoms with Crippen molar-refractivity contribution in [3.05, 3.63) is 46.3 Å². The lowest BCUT2D eigenvalue weighted by Gasteiger charge is -2.33. The topological polar surface area (TPSA) is 58.9 Å². The molecule has 2 atom stereocenters. The van der Waals surface area contributed by atoms with Gasteiger partial charge in [0.1, 0.15) is 16.8 Å². The van der Waals surface area contributed by atoms with Gasteiger partial charge >= 0.3 is 0 Å². The number of aromatic nitrogens is 2. The molecule has 5 rings (SSSR count). The quantitative estimate of drug-likeness (QED) is 0.632. The van der Waals surface area contributed by atoms with Crippen LogP contribution in [0.2, 0.25) is 0 Å². The number of likely N-dealkylation sites (tertiary alicyclic amines) is 1. The number of nitrogens with one attached hydrogen (secondary N) is 1. The molecule has 31 heavy (non-hydrogen) atoms. The summed E-state index contributed by atoms with van der Waals surface area (Å²) in [5.41, 5.74) is 2.49. The predicted octanol–water partition coefficient (Wildman–Crippen LogP) is 4.78. The van der Waals surface area contributed by atoms with E-state index in [2.05, 4.69) is 23.6 Å². The van der Waals surface area contributed by atoms with Crippen LogP contribution in [0, 0.1) is 19.7 Å². The molecular formula is C23H27FN4O2S. The number of fused-ring (bicyclic) bond motifs is 1. The molecule has 1 amide bonds. The number of aryl methyl sites for hydroxylation is 2.